The third kappa shape index (κ3) is 45.9. The highest BCUT2D eigenvalue weighted by atomic mass is 35.6. The molecule has 0 aromatic heterocycles. The molecule has 0 saturated carbocycles. The van der Waals surface area contributed by atoms with Gasteiger partial charge in [0.15, 0.2) is 6.29 Å². The Morgan fingerprint density at radius 1 is 1.30 bits per heavy atom. The van der Waals surface area contributed by atoms with Gasteiger partial charge in [-0.25, -0.2) is 4.79 Å². The van der Waals surface area contributed by atoms with Crippen LogP contribution in [0.15, 0.2) is 0 Å². The second-order valence-electron chi connectivity index (χ2n) is 1.06. The smallest absolute Gasteiger partial charge is 0.309 e. The van der Waals surface area contributed by atoms with Gasteiger partial charge in [-0.3, -0.25) is 4.79 Å². The lowest BCUT2D eigenvalue weighted by atomic mass is 10.9. The fourth-order valence-electron chi connectivity index (χ4n) is 0. The molecule has 0 rings (SSSR count). The van der Waals surface area contributed by atoms with Crippen molar-refractivity contribution in [3.8, 4) is 0 Å². The Hall–Kier alpha value is -0.190. The molecule has 2 amide bonds. The number of rotatable bonds is 0. The number of hydrogen-bond acceptors (Lipinski definition) is 2. The summed E-state index contributed by atoms with van der Waals surface area (Å²) in [6.07, 6.45) is 0.234. The minimum absolute atomic E-state index is 0.234. The Kier molecular flexibility index (Phi) is 6.97. The van der Waals surface area contributed by atoms with Gasteiger partial charge >= 0.3 is 6.03 Å². The van der Waals surface area contributed by atoms with E-state index in [9.17, 15) is 4.79 Å². The van der Waals surface area contributed by atoms with Crippen molar-refractivity contribution >= 4 is 47.1 Å². The number of carbonyl (C=O) groups is 2. The standard InChI is InChI=1S/C2HCl3O.CH4N2O/c3-2(4,5)1-6;2-1(3)4/h1H;(H4,2,3,4). The minimum Gasteiger partial charge on any atom is -0.352 e. The third-order valence-electron chi connectivity index (χ3n) is 0.134. The Labute approximate surface area is 72.4 Å². The molecular formula is C3H5Cl3N2O2. The van der Waals surface area contributed by atoms with Crippen LogP contribution in [0, 0.1) is 0 Å². The van der Waals surface area contributed by atoms with Gasteiger partial charge < -0.3 is 11.5 Å². The highest BCUT2D eigenvalue weighted by Gasteiger charge is 2.16. The third-order valence-corrected chi connectivity index (χ3v) is 0.401. The quantitative estimate of drug-likeness (QED) is 0.450. The molecule has 0 bridgehead atoms. The fraction of sp³-hybridized carbons (Fsp3) is 0.333. The monoisotopic (exact) mass is 206 g/mol. The zero-order valence-corrected chi connectivity index (χ0v) is 6.95. The molecule has 0 aliphatic carbocycles. The number of hydrogen-bond donors (Lipinski definition) is 2. The van der Waals surface area contributed by atoms with E-state index >= 15 is 0 Å². The Morgan fingerprint density at radius 3 is 1.40 bits per heavy atom. The van der Waals surface area contributed by atoms with Crippen molar-refractivity contribution in [2.75, 3.05) is 0 Å². The molecule has 4 nitrogen and oxygen atoms in total. The van der Waals surface area contributed by atoms with E-state index in [4.69, 9.17) is 39.6 Å². The SMILES string of the molecule is NC(N)=O.O=CC(Cl)(Cl)Cl. The van der Waals surface area contributed by atoms with E-state index in [-0.39, 0.29) is 6.29 Å². The van der Waals surface area contributed by atoms with Crippen LogP contribution in [-0.4, -0.2) is 16.1 Å². The van der Waals surface area contributed by atoms with Crippen molar-refractivity contribution < 1.29 is 9.59 Å². The van der Waals surface area contributed by atoms with Gasteiger partial charge in [0, 0.05) is 0 Å². The van der Waals surface area contributed by atoms with Gasteiger partial charge in [0.1, 0.15) is 0 Å². The Balaban J connectivity index is 0. The molecule has 0 aromatic rings. The lowest BCUT2D eigenvalue weighted by Gasteiger charge is -1.93. The molecule has 0 heterocycles. The van der Waals surface area contributed by atoms with Crippen LogP contribution < -0.4 is 11.5 Å². The maximum atomic E-state index is 9.43. The molecule has 0 aliphatic heterocycles. The van der Waals surface area contributed by atoms with Crippen molar-refractivity contribution in [3.05, 3.63) is 0 Å². The molecule has 4 N–H and O–H groups in total. The van der Waals surface area contributed by atoms with Crippen LogP contribution in [0.4, 0.5) is 4.79 Å². The van der Waals surface area contributed by atoms with Crippen LogP contribution >= 0.6 is 34.8 Å². The molecule has 0 atom stereocenters. The summed E-state index contributed by atoms with van der Waals surface area (Å²) in [5, 5.41) is 0. The number of alkyl halides is 3. The number of carbonyl (C=O) groups excluding carboxylic acids is 2. The van der Waals surface area contributed by atoms with E-state index in [0.29, 0.717) is 0 Å². The summed E-state index contributed by atoms with van der Waals surface area (Å²) in [4.78, 5) is 18.4. The molecule has 0 spiro atoms. The van der Waals surface area contributed by atoms with E-state index < -0.39 is 9.82 Å². The van der Waals surface area contributed by atoms with Crippen LogP contribution in [0.25, 0.3) is 0 Å². The first-order valence-corrected chi connectivity index (χ1v) is 3.01. The summed E-state index contributed by atoms with van der Waals surface area (Å²) in [5.74, 6) is 0. The molecule has 10 heavy (non-hydrogen) atoms. The number of aldehydes is 1. The topological polar surface area (TPSA) is 86.2 Å². The van der Waals surface area contributed by atoms with Crippen molar-refractivity contribution in [2.24, 2.45) is 11.5 Å². The van der Waals surface area contributed by atoms with Gasteiger partial charge in [-0.05, 0) is 0 Å². The van der Waals surface area contributed by atoms with Crippen LogP contribution in [0.5, 0.6) is 0 Å². The van der Waals surface area contributed by atoms with Crippen LogP contribution in [0.3, 0.4) is 0 Å². The first kappa shape index (κ1) is 12.5. The molecule has 0 radical (unpaired) electrons. The average molecular weight is 207 g/mol. The maximum absolute atomic E-state index is 9.43. The lowest BCUT2D eigenvalue weighted by Crippen LogP contribution is -2.18. The molecule has 0 unspecified atom stereocenters. The Bertz CT molecular complexity index is 117. The first-order valence-electron chi connectivity index (χ1n) is 1.87. The summed E-state index contributed by atoms with van der Waals surface area (Å²) in [6.45, 7) is 0. The predicted octanol–water partition coefficient (Wildman–Crippen LogP) is 0.579. The molecule has 7 heteroatoms. The predicted molar refractivity (Wildman–Crippen MR) is 40.1 cm³/mol. The molecule has 0 aromatic carbocycles. The molecule has 0 fully saturated rings. The van der Waals surface area contributed by atoms with Crippen molar-refractivity contribution in [1.29, 1.82) is 0 Å². The molecular weight excluding hydrogens is 202 g/mol. The number of primary amides is 2. The van der Waals surface area contributed by atoms with E-state index in [0.717, 1.165) is 0 Å². The first-order chi connectivity index (χ1) is 4.29. The normalized spacial score (nSPS) is 9.10. The van der Waals surface area contributed by atoms with Crippen molar-refractivity contribution in [3.63, 3.8) is 0 Å². The van der Waals surface area contributed by atoms with Gasteiger partial charge in [-0.15, -0.1) is 0 Å². The van der Waals surface area contributed by atoms with Gasteiger partial charge in [-0.2, -0.15) is 0 Å². The summed E-state index contributed by atoms with van der Waals surface area (Å²) in [7, 11) is 0. The van der Waals surface area contributed by atoms with Crippen LogP contribution in [0.2, 0.25) is 0 Å². The summed E-state index contributed by atoms with van der Waals surface area (Å²) < 4.78 is -1.72. The van der Waals surface area contributed by atoms with Crippen molar-refractivity contribution in [2.45, 2.75) is 3.79 Å². The van der Waals surface area contributed by atoms with Gasteiger partial charge in [0.05, 0.1) is 0 Å². The average Bonchev–Trinajstić information content (AvgIpc) is 1.63. The zero-order valence-electron chi connectivity index (χ0n) is 4.68. The van der Waals surface area contributed by atoms with E-state index in [2.05, 4.69) is 11.5 Å². The van der Waals surface area contributed by atoms with Gasteiger partial charge in [0.25, 0.3) is 0 Å². The highest BCUT2D eigenvalue weighted by Crippen LogP contribution is 2.21. The second kappa shape index (κ2) is 5.58. The summed E-state index contributed by atoms with van der Waals surface area (Å²) in [5.41, 5.74) is 8.50. The van der Waals surface area contributed by atoms with Crippen molar-refractivity contribution in [1.82, 2.24) is 0 Å². The van der Waals surface area contributed by atoms with E-state index in [1.807, 2.05) is 0 Å². The fourth-order valence-corrected chi connectivity index (χ4v) is 0. The highest BCUT2D eigenvalue weighted by molar-refractivity contribution is 6.74. The maximum Gasteiger partial charge on any atom is 0.309 e. The number of halogens is 3. The summed E-state index contributed by atoms with van der Waals surface area (Å²) in [6, 6.07) is -0.833. The van der Waals surface area contributed by atoms with E-state index in [1.54, 1.807) is 0 Å². The number of nitrogens with two attached hydrogens (primary N) is 2. The lowest BCUT2D eigenvalue weighted by molar-refractivity contribution is -0.107. The largest absolute Gasteiger partial charge is 0.352 e. The van der Waals surface area contributed by atoms with Gasteiger partial charge in [-0.1, -0.05) is 34.8 Å². The number of urea groups is 1. The number of amides is 2. The minimum atomic E-state index is -1.72. The zero-order chi connectivity index (χ0) is 8.78. The Morgan fingerprint density at radius 2 is 1.40 bits per heavy atom. The second-order valence-corrected chi connectivity index (χ2v) is 3.43. The summed E-state index contributed by atoms with van der Waals surface area (Å²) >= 11 is 14.6. The molecule has 0 aliphatic rings. The molecule has 0 saturated heterocycles. The van der Waals surface area contributed by atoms with Crippen LogP contribution in [0.1, 0.15) is 0 Å². The molecule has 60 valence electrons. The van der Waals surface area contributed by atoms with Crippen LogP contribution in [-0.2, 0) is 4.79 Å². The van der Waals surface area contributed by atoms with E-state index in [1.165, 1.54) is 0 Å². The van der Waals surface area contributed by atoms with Gasteiger partial charge in [0.2, 0.25) is 3.79 Å².